The molecule has 2 unspecified atom stereocenters. The lowest BCUT2D eigenvalue weighted by molar-refractivity contribution is -0.146. The Morgan fingerprint density at radius 1 is 1.30 bits per heavy atom. The SMILES string of the molecule is CCOC1CC(NC(=O)c2ccccc2N)C12CCCCC2.Cl. The normalized spacial score (nSPS) is 25.3. The number of hydrogen-bond donors (Lipinski definition) is 2. The molecule has 2 saturated carbocycles. The molecule has 3 rings (SSSR count). The highest BCUT2D eigenvalue weighted by atomic mass is 35.5. The van der Waals surface area contributed by atoms with E-state index in [9.17, 15) is 4.79 Å². The molecule has 1 spiro atoms. The zero-order valence-corrected chi connectivity index (χ0v) is 14.5. The van der Waals surface area contributed by atoms with Crippen molar-refractivity contribution in [3.05, 3.63) is 29.8 Å². The summed E-state index contributed by atoms with van der Waals surface area (Å²) in [4.78, 5) is 12.5. The number of anilines is 1. The molecule has 0 heterocycles. The van der Waals surface area contributed by atoms with Gasteiger partial charge < -0.3 is 15.8 Å². The van der Waals surface area contributed by atoms with E-state index in [0.29, 0.717) is 17.4 Å². The maximum Gasteiger partial charge on any atom is 0.253 e. The van der Waals surface area contributed by atoms with E-state index in [1.165, 1.54) is 19.3 Å². The molecule has 0 aromatic heterocycles. The molecular formula is C18H27ClN2O2. The molecule has 2 aliphatic carbocycles. The predicted molar refractivity (Wildman–Crippen MR) is 94.9 cm³/mol. The smallest absolute Gasteiger partial charge is 0.253 e. The highest BCUT2D eigenvalue weighted by Crippen LogP contribution is 2.53. The number of carbonyl (C=O) groups excluding carboxylic acids is 1. The van der Waals surface area contributed by atoms with Crippen LogP contribution in [0.25, 0.3) is 0 Å². The number of nitrogens with one attached hydrogen (secondary N) is 1. The van der Waals surface area contributed by atoms with Gasteiger partial charge in [0.25, 0.3) is 5.91 Å². The van der Waals surface area contributed by atoms with E-state index in [1.54, 1.807) is 12.1 Å². The lowest BCUT2D eigenvalue weighted by atomic mass is 9.55. The number of nitrogens with two attached hydrogens (primary N) is 1. The molecule has 0 bridgehead atoms. The second kappa shape index (κ2) is 7.54. The van der Waals surface area contributed by atoms with Gasteiger partial charge in [0, 0.05) is 23.8 Å². The molecular weight excluding hydrogens is 312 g/mol. The van der Waals surface area contributed by atoms with Gasteiger partial charge in [-0.25, -0.2) is 0 Å². The molecule has 3 N–H and O–H groups in total. The van der Waals surface area contributed by atoms with Crippen LogP contribution in [-0.4, -0.2) is 24.7 Å². The van der Waals surface area contributed by atoms with Gasteiger partial charge in [-0.05, 0) is 38.3 Å². The third kappa shape index (κ3) is 3.33. The summed E-state index contributed by atoms with van der Waals surface area (Å²) in [5.74, 6) is -0.0528. The van der Waals surface area contributed by atoms with Gasteiger partial charge in [-0.15, -0.1) is 12.4 Å². The molecule has 0 saturated heterocycles. The van der Waals surface area contributed by atoms with Crippen LogP contribution in [0.3, 0.4) is 0 Å². The number of hydrogen-bond acceptors (Lipinski definition) is 3. The fourth-order valence-electron chi connectivity index (χ4n) is 4.21. The van der Waals surface area contributed by atoms with E-state index in [1.807, 2.05) is 19.1 Å². The number of ether oxygens (including phenoxy) is 1. The largest absolute Gasteiger partial charge is 0.398 e. The molecule has 4 nitrogen and oxygen atoms in total. The minimum atomic E-state index is -0.0528. The van der Waals surface area contributed by atoms with E-state index in [0.717, 1.165) is 25.9 Å². The number of amides is 1. The van der Waals surface area contributed by atoms with Crippen molar-refractivity contribution < 1.29 is 9.53 Å². The fourth-order valence-corrected chi connectivity index (χ4v) is 4.21. The van der Waals surface area contributed by atoms with E-state index >= 15 is 0 Å². The Kier molecular flexibility index (Phi) is 5.93. The second-order valence-electron chi connectivity index (χ2n) is 6.59. The average molecular weight is 339 g/mol. The molecule has 128 valence electrons. The van der Waals surface area contributed by atoms with Gasteiger partial charge in [0.2, 0.25) is 0 Å². The van der Waals surface area contributed by atoms with E-state index < -0.39 is 0 Å². The van der Waals surface area contributed by atoms with Gasteiger partial charge in [0.05, 0.1) is 11.7 Å². The minimum absolute atomic E-state index is 0. The molecule has 1 aromatic carbocycles. The first kappa shape index (κ1) is 18.1. The quantitative estimate of drug-likeness (QED) is 0.825. The van der Waals surface area contributed by atoms with Crippen molar-refractivity contribution in [2.24, 2.45) is 5.41 Å². The molecule has 5 heteroatoms. The van der Waals surface area contributed by atoms with Gasteiger partial charge in [-0.2, -0.15) is 0 Å². The summed E-state index contributed by atoms with van der Waals surface area (Å²) in [6.45, 7) is 2.80. The third-order valence-electron chi connectivity index (χ3n) is 5.45. The summed E-state index contributed by atoms with van der Waals surface area (Å²) in [6.07, 6.45) is 7.32. The standard InChI is InChI=1S/C18H26N2O2.ClH/c1-2-22-16-12-15(18(16)10-6-3-7-11-18)20-17(21)13-8-4-5-9-14(13)19;/h4-5,8-9,15-16H,2-3,6-7,10-12,19H2,1H3,(H,20,21);1H. The van der Waals surface area contributed by atoms with Crippen LogP contribution >= 0.6 is 12.4 Å². The van der Waals surface area contributed by atoms with Crippen LogP contribution in [0.1, 0.15) is 55.8 Å². The molecule has 0 radical (unpaired) electrons. The maximum absolute atomic E-state index is 12.5. The van der Waals surface area contributed by atoms with Crippen molar-refractivity contribution >= 4 is 24.0 Å². The highest BCUT2D eigenvalue weighted by Gasteiger charge is 2.56. The number of carbonyl (C=O) groups is 1. The lowest BCUT2D eigenvalue weighted by Gasteiger charge is -2.57. The van der Waals surface area contributed by atoms with E-state index in [2.05, 4.69) is 5.32 Å². The Morgan fingerprint density at radius 3 is 2.65 bits per heavy atom. The topological polar surface area (TPSA) is 64.3 Å². The van der Waals surface area contributed by atoms with Crippen molar-refractivity contribution in [3.63, 3.8) is 0 Å². The van der Waals surface area contributed by atoms with Crippen molar-refractivity contribution in [3.8, 4) is 0 Å². The Balaban J connectivity index is 0.00000192. The summed E-state index contributed by atoms with van der Waals surface area (Å²) >= 11 is 0. The molecule has 2 atom stereocenters. The van der Waals surface area contributed by atoms with Gasteiger partial charge in [0.1, 0.15) is 0 Å². The van der Waals surface area contributed by atoms with E-state index in [-0.39, 0.29) is 29.8 Å². The van der Waals surface area contributed by atoms with Crippen LogP contribution in [0, 0.1) is 5.41 Å². The highest BCUT2D eigenvalue weighted by molar-refractivity contribution is 5.99. The van der Waals surface area contributed by atoms with Crippen LogP contribution in [-0.2, 0) is 4.74 Å². The van der Waals surface area contributed by atoms with Gasteiger partial charge in [-0.3, -0.25) is 4.79 Å². The summed E-state index contributed by atoms with van der Waals surface area (Å²) in [6, 6.07) is 7.48. The summed E-state index contributed by atoms with van der Waals surface area (Å²) in [7, 11) is 0. The molecule has 23 heavy (non-hydrogen) atoms. The maximum atomic E-state index is 12.5. The number of halogens is 1. The van der Waals surface area contributed by atoms with Gasteiger partial charge in [-0.1, -0.05) is 31.4 Å². The van der Waals surface area contributed by atoms with Crippen LogP contribution < -0.4 is 11.1 Å². The zero-order valence-electron chi connectivity index (χ0n) is 13.7. The van der Waals surface area contributed by atoms with Crippen LogP contribution in [0.2, 0.25) is 0 Å². The number of para-hydroxylation sites is 1. The van der Waals surface area contributed by atoms with E-state index in [4.69, 9.17) is 10.5 Å². The number of nitrogen functional groups attached to an aromatic ring is 1. The van der Waals surface area contributed by atoms with Crippen LogP contribution in [0.5, 0.6) is 0 Å². The Bertz CT molecular complexity index is 544. The van der Waals surface area contributed by atoms with Gasteiger partial charge in [0.15, 0.2) is 0 Å². The first-order chi connectivity index (χ1) is 10.7. The minimum Gasteiger partial charge on any atom is -0.398 e. The molecule has 1 amide bonds. The van der Waals surface area contributed by atoms with Crippen molar-refractivity contribution in [2.75, 3.05) is 12.3 Å². The average Bonchev–Trinajstić information content (AvgIpc) is 2.55. The van der Waals surface area contributed by atoms with Crippen molar-refractivity contribution in [1.82, 2.24) is 5.32 Å². The Labute approximate surface area is 144 Å². The Hall–Kier alpha value is -1.26. The van der Waals surface area contributed by atoms with Crippen LogP contribution in [0.4, 0.5) is 5.69 Å². The summed E-state index contributed by atoms with van der Waals surface area (Å²) in [5, 5.41) is 3.22. The second-order valence-corrected chi connectivity index (χ2v) is 6.59. The van der Waals surface area contributed by atoms with Crippen molar-refractivity contribution in [2.45, 2.75) is 57.6 Å². The summed E-state index contributed by atoms with van der Waals surface area (Å²) < 4.78 is 5.94. The zero-order chi connectivity index (χ0) is 15.6. The molecule has 2 aliphatic rings. The monoisotopic (exact) mass is 338 g/mol. The summed E-state index contributed by atoms with van der Waals surface area (Å²) in [5.41, 5.74) is 7.18. The van der Waals surface area contributed by atoms with Crippen LogP contribution in [0.15, 0.2) is 24.3 Å². The third-order valence-corrected chi connectivity index (χ3v) is 5.45. The molecule has 2 fully saturated rings. The molecule has 1 aromatic rings. The first-order valence-corrected chi connectivity index (χ1v) is 8.44. The van der Waals surface area contributed by atoms with Crippen molar-refractivity contribution in [1.29, 1.82) is 0 Å². The first-order valence-electron chi connectivity index (χ1n) is 8.44. The predicted octanol–water partition coefficient (Wildman–Crippen LogP) is 3.55. The number of benzene rings is 1. The fraction of sp³-hybridized carbons (Fsp3) is 0.611. The number of rotatable bonds is 4. The van der Waals surface area contributed by atoms with Gasteiger partial charge >= 0.3 is 0 Å². The molecule has 0 aliphatic heterocycles. The lowest BCUT2D eigenvalue weighted by Crippen LogP contribution is -2.65. The Morgan fingerprint density at radius 2 is 2.00 bits per heavy atom.